The molecular formula is C16H15P. The lowest BCUT2D eigenvalue weighted by Gasteiger charge is -2.15. The van der Waals surface area contributed by atoms with Crippen LogP contribution >= 0.6 is 8.20 Å². The van der Waals surface area contributed by atoms with Crippen molar-refractivity contribution in [3.63, 3.8) is 0 Å². The number of benzene rings is 2. The van der Waals surface area contributed by atoms with Crippen LogP contribution in [0.3, 0.4) is 0 Å². The first kappa shape index (κ1) is 10.7. The predicted molar refractivity (Wildman–Crippen MR) is 76.1 cm³/mol. The van der Waals surface area contributed by atoms with Crippen LogP contribution in [0.4, 0.5) is 0 Å². The summed E-state index contributed by atoms with van der Waals surface area (Å²) in [4.78, 5) is 0. The van der Waals surface area contributed by atoms with Gasteiger partial charge in [-0.3, -0.25) is 0 Å². The van der Waals surface area contributed by atoms with E-state index in [1.54, 1.807) is 5.29 Å². The minimum Gasteiger partial charge on any atom is -0.0997 e. The Morgan fingerprint density at radius 1 is 0.824 bits per heavy atom. The van der Waals surface area contributed by atoms with E-state index in [2.05, 4.69) is 60.7 Å². The maximum Gasteiger partial charge on any atom is 0.0142 e. The molecule has 0 fully saturated rings. The van der Waals surface area contributed by atoms with E-state index < -0.39 is 0 Å². The van der Waals surface area contributed by atoms with Crippen LogP contribution in [0.15, 0.2) is 60.7 Å². The van der Waals surface area contributed by atoms with Gasteiger partial charge in [-0.1, -0.05) is 68.9 Å². The minimum atomic E-state index is 0.625. The summed E-state index contributed by atoms with van der Waals surface area (Å²) in [5.41, 5.74) is 2.89. The molecule has 1 atom stereocenters. The highest BCUT2D eigenvalue weighted by Crippen LogP contribution is 2.35. The molecule has 1 aliphatic heterocycles. The molecule has 0 aliphatic carbocycles. The van der Waals surface area contributed by atoms with Gasteiger partial charge >= 0.3 is 0 Å². The third-order valence-corrected chi connectivity index (χ3v) is 4.69. The second-order valence-electron chi connectivity index (χ2n) is 4.38. The van der Waals surface area contributed by atoms with Crippen molar-refractivity contribution in [3.05, 3.63) is 71.8 Å². The van der Waals surface area contributed by atoms with E-state index in [-0.39, 0.29) is 0 Å². The van der Waals surface area contributed by atoms with E-state index in [4.69, 9.17) is 0 Å². The van der Waals surface area contributed by atoms with Gasteiger partial charge < -0.3 is 0 Å². The molecule has 2 aromatic rings. The van der Waals surface area contributed by atoms with Crippen molar-refractivity contribution in [2.75, 3.05) is 6.16 Å². The maximum atomic E-state index is 2.26. The molecule has 0 saturated heterocycles. The average molecular weight is 238 g/mol. The fourth-order valence-electron chi connectivity index (χ4n) is 2.47. The van der Waals surface area contributed by atoms with Crippen LogP contribution in [0.5, 0.6) is 0 Å². The molecular weight excluding hydrogens is 223 g/mol. The van der Waals surface area contributed by atoms with E-state index in [0.29, 0.717) is 5.92 Å². The quantitative estimate of drug-likeness (QED) is 0.683. The largest absolute Gasteiger partial charge is 0.0997 e. The second-order valence-corrected chi connectivity index (χ2v) is 5.63. The van der Waals surface area contributed by atoms with Crippen LogP contribution in [-0.2, 0) is 0 Å². The average Bonchev–Trinajstić information content (AvgIpc) is 2.90. The molecule has 1 heteroatoms. The Hall–Kier alpha value is -1.39. The standard InChI is InChI=1S/C16H15P/c1-3-7-13(8-4-1)15-11-12-17-16(15)14-9-5-2-6-10-14/h1-10,15H,11-12H2. The van der Waals surface area contributed by atoms with Crippen molar-refractivity contribution in [1.29, 1.82) is 0 Å². The van der Waals surface area contributed by atoms with Crippen LogP contribution in [0, 0.1) is 0 Å². The normalized spacial score (nSPS) is 20.0. The lowest BCUT2D eigenvalue weighted by Crippen LogP contribution is -2.08. The van der Waals surface area contributed by atoms with Crippen molar-refractivity contribution in [3.8, 4) is 0 Å². The molecule has 1 unspecified atom stereocenters. The van der Waals surface area contributed by atoms with Crippen molar-refractivity contribution in [2.45, 2.75) is 12.3 Å². The number of hydrogen-bond acceptors (Lipinski definition) is 0. The van der Waals surface area contributed by atoms with Gasteiger partial charge in [0.15, 0.2) is 0 Å². The zero-order chi connectivity index (χ0) is 11.5. The Balaban J connectivity index is 1.96. The molecule has 1 heterocycles. The smallest absolute Gasteiger partial charge is 0.0142 e. The monoisotopic (exact) mass is 238 g/mol. The molecule has 0 saturated carbocycles. The Bertz CT molecular complexity index is 514. The molecule has 1 aliphatic rings. The summed E-state index contributed by atoms with van der Waals surface area (Å²) in [6.45, 7) is 0. The molecule has 0 amide bonds. The third-order valence-electron chi connectivity index (χ3n) is 3.30. The predicted octanol–water partition coefficient (Wildman–Crippen LogP) is 4.34. The van der Waals surface area contributed by atoms with Gasteiger partial charge in [0.1, 0.15) is 0 Å². The van der Waals surface area contributed by atoms with E-state index in [9.17, 15) is 0 Å². The fourth-order valence-corrected chi connectivity index (χ4v) is 3.93. The van der Waals surface area contributed by atoms with Gasteiger partial charge in [-0.2, -0.15) is 0 Å². The molecule has 3 rings (SSSR count). The zero-order valence-corrected chi connectivity index (χ0v) is 10.6. The first-order valence-corrected chi connectivity index (χ1v) is 7.18. The SMILES string of the molecule is c1ccc(C2=PCCC2c2ccccc2)cc1. The van der Waals surface area contributed by atoms with E-state index in [1.807, 2.05) is 0 Å². The van der Waals surface area contributed by atoms with Gasteiger partial charge in [0.25, 0.3) is 0 Å². The van der Waals surface area contributed by atoms with Gasteiger partial charge in [-0.15, -0.1) is 0 Å². The Labute approximate surface area is 104 Å². The van der Waals surface area contributed by atoms with Gasteiger partial charge in [0.2, 0.25) is 0 Å². The number of rotatable bonds is 2. The highest BCUT2D eigenvalue weighted by atomic mass is 31.1. The van der Waals surface area contributed by atoms with Crippen LogP contribution in [0.1, 0.15) is 23.5 Å². The van der Waals surface area contributed by atoms with Crippen LogP contribution in [0.2, 0.25) is 0 Å². The van der Waals surface area contributed by atoms with Crippen molar-refractivity contribution in [2.24, 2.45) is 0 Å². The van der Waals surface area contributed by atoms with Gasteiger partial charge in [0.05, 0.1) is 0 Å². The molecule has 2 aromatic carbocycles. The molecule has 0 bridgehead atoms. The number of hydrogen-bond donors (Lipinski definition) is 0. The minimum absolute atomic E-state index is 0.625. The summed E-state index contributed by atoms with van der Waals surface area (Å²) < 4.78 is 0. The Morgan fingerprint density at radius 2 is 1.47 bits per heavy atom. The molecule has 0 nitrogen and oxygen atoms in total. The molecule has 0 N–H and O–H groups in total. The zero-order valence-electron chi connectivity index (χ0n) is 9.71. The van der Waals surface area contributed by atoms with E-state index >= 15 is 0 Å². The summed E-state index contributed by atoms with van der Waals surface area (Å²) in [6, 6.07) is 21.7. The molecule has 0 spiro atoms. The van der Waals surface area contributed by atoms with Crippen molar-refractivity contribution in [1.82, 2.24) is 0 Å². The molecule has 84 valence electrons. The van der Waals surface area contributed by atoms with Gasteiger partial charge in [0, 0.05) is 5.92 Å². The van der Waals surface area contributed by atoms with Gasteiger partial charge in [-0.05, 0) is 29.0 Å². The summed E-state index contributed by atoms with van der Waals surface area (Å²) in [5, 5.41) is 1.59. The highest BCUT2D eigenvalue weighted by molar-refractivity contribution is 7.42. The molecule has 0 radical (unpaired) electrons. The van der Waals surface area contributed by atoms with E-state index in [1.165, 1.54) is 31.9 Å². The third kappa shape index (κ3) is 2.18. The molecule has 0 aromatic heterocycles. The maximum absolute atomic E-state index is 2.26. The second kappa shape index (κ2) is 4.85. The highest BCUT2D eigenvalue weighted by Gasteiger charge is 2.22. The van der Waals surface area contributed by atoms with Crippen LogP contribution < -0.4 is 0 Å². The van der Waals surface area contributed by atoms with Crippen LogP contribution in [0.25, 0.3) is 0 Å². The topological polar surface area (TPSA) is 0 Å². The lowest BCUT2D eigenvalue weighted by molar-refractivity contribution is 0.878. The summed E-state index contributed by atoms with van der Waals surface area (Å²) in [7, 11) is 1.51. The first-order chi connectivity index (χ1) is 8.45. The van der Waals surface area contributed by atoms with Crippen molar-refractivity contribution < 1.29 is 0 Å². The van der Waals surface area contributed by atoms with E-state index in [0.717, 1.165) is 0 Å². The van der Waals surface area contributed by atoms with Crippen molar-refractivity contribution >= 4 is 13.5 Å². The lowest BCUT2D eigenvalue weighted by atomic mass is 9.90. The first-order valence-electron chi connectivity index (χ1n) is 6.10. The van der Waals surface area contributed by atoms with Crippen LogP contribution in [-0.4, -0.2) is 11.5 Å². The summed E-state index contributed by atoms with van der Waals surface area (Å²) in [6.07, 6.45) is 2.58. The summed E-state index contributed by atoms with van der Waals surface area (Å²) >= 11 is 0. The Kier molecular flexibility index (Phi) is 3.07. The Morgan fingerprint density at radius 3 is 2.18 bits per heavy atom. The fraction of sp³-hybridized carbons (Fsp3) is 0.188. The van der Waals surface area contributed by atoms with Gasteiger partial charge in [-0.25, -0.2) is 0 Å². The molecule has 17 heavy (non-hydrogen) atoms. The summed E-state index contributed by atoms with van der Waals surface area (Å²) in [5.74, 6) is 0.625.